The van der Waals surface area contributed by atoms with Crippen LogP contribution in [-0.2, 0) is 0 Å². The van der Waals surface area contributed by atoms with Crippen LogP contribution in [0.15, 0.2) is 48.5 Å². The monoisotopic (exact) mass is 251 g/mol. The zero-order valence-electron chi connectivity index (χ0n) is 10.5. The number of benzene rings is 2. The van der Waals surface area contributed by atoms with E-state index in [-0.39, 0.29) is 5.78 Å². The zero-order chi connectivity index (χ0) is 13.4. The highest BCUT2D eigenvalue weighted by molar-refractivity contribution is 6.07. The van der Waals surface area contributed by atoms with Crippen LogP contribution in [-0.4, -0.2) is 15.6 Å². The summed E-state index contributed by atoms with van der Waals surface area (Å²) >= 11 is 0. The summed E-state index contributed by atoms with van der Waals surface area (Å²) in [5, 5.41) is 5.28. The molecule has 0 saturated heterocycles. The SMILES string of the molecule is CC(=O)c1cccc2c(N)n(-c3ccccc3)nc12. The summed E-state index contributed by atoms with van der Waals surface area (Å²) in [6.07, 6.45) is 0. The largest absolute Gasteiger partial charge is 0.383 e. The van der Waals surface area contributed by atoms with Gasteiger partial charge in [-0.25, -0.2) is 4.68 Å². The number of hydrogen-bond donors (Lipinski definition) is 1. The normalized spacial score (nSPS) is 10.8. The Morgan fingerprint density at radius 2 is 1.84 bits per heavy atom. The second kappa shape index (κ2) is 4.24. The number of aromatic nitrogens is 2. The predicted octanol–water partition coefficient (Wildman–Crippen LogP) is 2.81. The molecule has 0 amide bonds. The number of nitrogens with zero attached hydrogens (tertiary/aromatic N) is 2. The van der Waals surface area contributed by atoms with Crippen molar-refractivity contribution in [2.45, 2.75) is 6.92 Å². The summed E-state index contributed by atoms with van der Waals surface area (Å²) in [6.45, 7) is 1.53. The van der Waals surface area contributed by atoms with E-state index in [2.05, 4.69) is 5.10 Å². The summed E-state index contributed by atoms with van der Waals surface area (Å²) in [4.78, 5) is 11.6. The predicted molar refractivity (Wildman–Crippen MR) is 75.5 cm³/mol. The Morgan fingerprint density at radius 3 is 2.53 bits per heavy atom. The topological polar surface area (TPSA) is 60.9 Å². The highest BCUT2D eigenvalue weighted by Gasteiger charge is 2.14. The Hall–Kier alpha value is -2.62. The average molecular weight is 251 g/mol. The van der Waals surface area contributed by atoms with Crippen molar-refractivity contribution in [1.82, 2.24) is 9.78 Å². The maximum Gasteiger partial charge on any atom is 0.162 e. The molecule has 0 saturated carbocycles. The number of ketones is 1. The third-order valence-corrected chi connectivity index (χ3v) is 3.12. The van der Waals surface area contributed by atoms with Crippen molar-refractivity contribution in [2.75, 3.05) is 5.73 Å². The Kier molecular flexibility index (Phi) is 2.56. The van der Waals surface area contributed by atoms with Gasteiger partial charge in [-0.05, 0) is 31.2 Å². The molecule has 0 aliphatic heterocycles. The van der Waals surface area contributed by atoms with Crippen LogP contribution in [0.4, 0.5) is 5.82 Å². The first-order chi connectivity index (χ1) is 9.18. The molecule has 4 heteroatoms. The number of fused-ring (bicyclic) bond motifs is 1. The van der Waals surface area contributed by atoms with Gasteiger partial charge in [0.2, 0.25) is 0 Å². The minimum atomic E-state index is -0.0108. The number of carbonyl (C=O) groups excluding carboxylic acids is 1. The van der Waals surface area contributed by atoms with E-state index in [1.807, 2.05) is 42.5 Å². The molecule has 0 unspecified atom stereocenters. The fourth-order valence-electron chi connectivity index (χ4n) is 2.18. The van der Waals surface area contributed by atoms with Crippen molar-refractivity contribution in [3.8, 4) is 5.69 Å². The van der Waals surface area contributed by atoms with Gasteiger partial charge in [-0.1, -0.05) is 24.3 Å². The van der Waals surface area contributed by atoms with E-state index in [1.165, 1.54) is 6.92 Å². The van der Waals surface area contributed by atoms with E-state index >= 15 is 0 Å². The van der Waals surface area contributed by atoms with E-state index in [9.17, 15) is 4.79 Å². The second-order valence-electron chi connectivity index (χ2n) is 4.39. The molecule has 0 fully saturated rings. The van der Waals surface area contributed by atoms with E-state index in [4.69, 9.17) is 5.73 Å². The van der Waals surface area contributed by atoms with E-state index in [1.54, 1.807) is 10.7 Å². The lowest BCUT2D eigenvalue weighted by Crippen LogP contribution is -2.01. The zero-order valence-corrected chi connectivity index (χ0v) is 10.5. The molecular formula is C15H13N3O. The molecule has 0 spiro atoms. The van der Waals surface area contributed by atoms with Crippen molar-refractivity contribution in [2.24, 2.45) is 0 Å². The quantitative estimate of drug-likeness (QED) is 0.712. The van der Waals surface area contributed by atoms with Crippen LogP contribution in [0.1, 0.15) is 17.3 Å². The minimum absolute atomic E-state index is 0.0108. The van der Waals surface area contributed by atoms with Crippen LogP contribution in [0.25, 0.3) is 16.6 Å². The lowest BCUT2D eigenvalue weighted by atomic mass is 10.1. The molecule has 0 aliphatic rings. The van der Waals surface area contributed by atoms with Crippen LogP contribution >= 0.6 is 0 Å². The first kappa shape index (κ1) is 11.5. The second-order valence-corrected chi connectivity index (χ2v) is 4.39. The lowest BCUT2D eigenvalue weighted by molar-refractivity contribution is 0.101. The molecule has 3 aromatic rings. The van der Waals surface area contributed by atoms with Crippen molar-refractivity contribution < 1.29 is 4.79 Å². The molecule has 3 rings (SSSR count). The fourth-order valence-corrected chi connectivity index (χ4v) is 2.18. The molecule has 94 valence electrons. The molecule has 0 aliphatic carbocycles. The molecule has 0 atom stereocenters. The number of para-hydroxylation sites is 1. The number of nitrogens with two attached hydrogens (primary N) is 1. The summed E-state index contributed by atoms with van der Waals surface area (Å²) in [6, 6.07) is 15.1. The number of hydrogen-bond acceptors (Lipinski definition) is 3. The van der Waals surface area contributed by atoms with Gasteiger partial charge in [0.05, 0.1) is 5.69 Å². The van der Waals surface area contributed by atoms with Gasteiger partial charge < -0.3 is 5.73 Å². The Morgan fingerprint density at radius 1 is 1.11 bits per heavy atom. The summed E-state index contributed by atoms with van der Waals surface area (Å²) in [5.74, 6) is 0.535. The Balaban J connectivity index is 2.32. The van der Waals surface area contributed by atoms with Crippen molar-refractivity contribution in [3.63, 3.8) is 0 Å². The lowest BCUT2D eigenvalue weighted by Gasteiger charge is -2.02. The van der Waals surface area contributed by atoms with Crippen LogP contribution in [0.5, 0.6) is 0 Å². The molecular weight excluding hydrogens is 238 g/mol. The number of rotatable bonds is 2. The molecule has 1 heterocycles. The molecule has 2 aromatic carbocycles. The average Bonchev–Trinajstić information content (AvgIpc) is 2.77. The van der Waals surface area contributed by atoms with Crippen LogP contribution in [0.3, 0.4) is 0 Å². The van der Waals surface area contributed by atoms with Crippen LogP contribution in [0, 0.1) is 0 Å². The van der Waals surface area contributed by atoms with Gasteiger partial charge in [0.1, 0.15) is 11.3 Å². The van der Waals surface area contributed by atoms with Gasteiger partial charge in [-0.15, -0.1) is 0 Å². The van der Waals surface area contributed by atoms with Crippen LogP contribution < -0.4 is 5.73 Å². The van der Waals surface area contributed by atoms with Gasteiger partial charge in [-0.3, -0.25) is 4.79 Å². The summed E-state index contributed by atoms with van der Waals surface area (Å²) in [5.41, 5.74) is 8.26. The third kappa shape index (κ3) is 1.78. The van der Waals surface area contributed by atoms with Gasteiger partial charge >= 0.3 is 0 Å². The van der Waals surface area contributed by atoms with E-state index in [0.29, 0.717) is 16.9 Å². The molecule has 19 heavy (non-hydrogen) atoms. The van der Waals surface area contributed by atoms with E-state index < -0.39 is 0 Å². The van der Waals surface area contributed by atoms with Gasteiger partial charge in [0.25, 0.3) is 0 Å². The highest BCUT2D eigenvalue weighted by atomic mass is 16.1. The maximum atomic E-state index is 11.6. The number of nitrogen functional groups attached to an aromatic ring is 1. The number of carbonyl (C=O) groups is 1. The minimum Gasteiger partial charge on any atom is -0.383 e. The first-order valence-corrected chi connectivity index (χ1v) is 6.02. The highest BCUT2D eigenvalue weighted by Crippen LogP contribution is 2.26. The third-order valence-electron chi connectivity index (χ3n) is 3.12. The van der Waals surface area contributed by atoms with Gasteiger partial charge in [0.15, 0.2) is 5.78 Å². The first-order valence-electron chi connectivity index (χ1n) is 6.02. The number of anilines is 1. The van der Waals surface area contributed by atoms with Gasteiger partial charge in [-0.2, -0.15) is 5.10 Å². The van der Waals surface area contributed by atoms with Crippen molar-refractivity contribution >= 4 is 22.5 Å². The molecule has 0 bridgehead atoms. The Labute approximate surface area is 110 Å². The van der Waals surface area contributed by atoms with Crippen molar-refractivity contribution in [3.05, 3.63) is 54.1 Å². The fraction of sp³-hybridized carbons (Fsp3) is 0.0667. The smallest absolute Gasteiger partial charge is 0.162 e. The van der Waals surface area contributed by atoms with Gasteiger partial charge in [0, 0.05) is 10.9 Å². The molecule has 2 N–H and O–H groups in total. The summed E-state index contributed by atoms with van der Waals surface area (Å²) < 4.78 is 1.66. The Bertz CT molecular complexity index is 760. The van der Waals surface area contributed by atoms with Crippen LogP contribution in [0.2, 0.25) is 0 Å². The number of Topliss-reactive ketones (excluding diaryl/α,β-unsaturated/α-hetero) is 1. The standard InChI is InChI=1S/C15H13N3O/c1-10(19)12-8-5-9-13-14(12)17-18(15(13)16)11-6-3-2-4-7-11/h2-9H,16H2,1H3. The summed E-state index contributed by atoms with van der Waals surface area (Å²) in [7, 11) is 0. The molecule has 4 nitrogen and oxygen atoms in total. The molecule has 0 radical (unpaired) electrons. The van der Waals surface area contributed by atoms with E-state index in [0.717, 1.165) is 11.1 Å². The molecule has 1 aromatic heterocycles. The van der Waals surface area contributed by atoms with Crippen molar-refractivity contribution in [1.29, 1.82) is 0 Å². The maximum absolute atomic E-state index is 11.6.